The van der Waals surface area contributed by atoms with Gasteiger partial charge in [-0.05, 0) is 36.6 Å². The van der Waals surface area contributed by atoms with Gasteiger partial charge < -0.3 is 15.8 Å². The molecule has 2 aromatic carbocycles. The molecule has 2 rings (SSSR count). The van der Waals surface area contributed by atoms with Gasteiger partial charge in [0.2, 0.25) is 5.91 Å². The van der Waals surface area contributed by atoms with Gasteiger partial charge in [-0.1, -0.05) is 42.5 Å². The minimum absolute atomic E-state index is 0. The monoisotopic (exact) mass is 387 g/mol. The largest absolute Gasteiger partial charge is 0.459 e. The minimum atomic E-state index is -0.799. The van der Waals surface area contributed by atoms with E-state index in [1.54, 1.807) is 31.2 Å². The van der Waals surface area contributed by atoms with Crippen LogP contribution in [0.2, 0.25) is 0 Å². The highest BCUT2D eigenvalue weighted by atomic mass is 35.5. The molecule has 0 heterocycles. The molecule has 0 radical (unpaired) electrons. The molecule has 0 aliphatic rings. The van der Waals surface area contributed by atoms with Gasteiger partial charge in [0.25, 0.3) is 0 Å². The molecule has 0 fully saturated rings. The molecule has 0 unspecified atom stereocenters. The number of ether oxygens (including phenoxy) is 1. The fraction of sp³-hybridized carbons (Fsp3) is 0.250. The first-order valence-electron chi connectivity index (χ1n) is 8.25. The van der Waals surface area contributed by atoms with E-state index in [9.17, 15) is 9.59 Å². The number of carbonyl (C=O) groups excluding carboxylic acids is 2. The molecular weight excluding hydrogens is 366 g/mol. The summed E-state index contributed by atoms with van der Waals surface area (Å²) in [5.41, 5.74) is 8.16. The maximum Gasteiger partial charge on any atom is 0.328 e. The lowest BCUT2D eigenvalue weighted by atomic mass is 10.0. The molecule has 0 aliphatic heterocycles. The van der Waals surface area contributed by atoms with Crippen molar-refractivity contribution in [2.45, 2.75) is 32.0 Å². The second-order valence-corrected chi connectivity index (χ2v) is 5.94. The summed E-state index contributed by atoms with van der Waals surface area (Å²) in [4.78, 5) is 24.2. The van der Waals surface area contributed by atoms with Gasteiger partial charge in [0, 0.05) is 0 Å². The van der Waals surface area contributed by atoms with Crippen LogP contribution in [0.4, 0.5) is 0 Å². The van der Waals surface area contributed by atoms with Gasteiger partial charge in [-0.25, -0.2) is 4.79 Å². The van der Waals surface area contributed by atoms with E-state index in [-0.39, 0.29) is 19.0 Å². The van der Waals surface area contributed by atoms with Crippen LogP contribution in [-0.4, -0.2) is 24.0 Å². The SMILES string of the molecule is C[C@H](NC(=O)[C@@H](N)Cc1ccc(C#N)cc1)C(=O)OCc1ccccc1.Cl. The van der Waals surface area contributed by atoms with Crippen molar-refractivity contribution in [3.63, 3.8) is 0 Å². The second kappa shape index (κ2) is 11.0. The van der Waals surface area contributed by atoms with E-state index in [1.807, 2.05) is 36.4 Å². The second-order valence-electron chi connectivity index (χ2n) is 5.94. The van der Waals surface area contributed by atoms with Gasteiger partial charge in [0.15, 0.2) is 0 Å². The number of hydrogen-bond donors (Lipinski definition) is 2. The summed E-state index contributed by atoms with van der Waals surface area (Å²) in [6.45, 7) is 1.71. The van der Waals surface area contributed by atoms with Crippen LogP contribution in [0.3, 0.4) is 0 Å². The molecule has 0 saturated carbocycles. The Kier molecular flexibility index (Phi) is 9.00. The number of nitriles is 1. The summed E-state index contributed by atoms with van der Waals surface area (Å²) in [5.74, 6) is -0.953. The Hall–Kier alpha value is -2.88. The van der Waals surface area contributed by atoms with E-state index in [0.717, 1.165) is 11.1 Å². The number of nitrogens with two attached hydrogens (primary N) is 1. The van der Waals surface area contributed by atoms with E-state index < -0.39 is 24.0 Å². The Morgan fingerprint density at radius 3 is 2.33 bits per heavy atom. The number of halogens is 1. The van der Waals surface area contributed by atoms with Crippen LogP contribution in [0.1, 0.15) is 23.6 Å². The molecule has 6 nitrogen and oxygen atoms in total. The van der Waals surface area contributed by atoms with Crippen molar-refractivity contribution in [3.05, 3.63) is 71.3 Å². The number of hydrogen-bond acceptors (Lipinski definition) is 5. The summed E-state index contributed by atoms with van der Waals surface area (Å²) >= 11 is 0. The molecule has 2 aromatic rings. The number of nitrogens with zero attached hydrogens (tertiary/aromatic N) is 1. The van der Waals surface area contributed by atoms with Crippen LogP contribution < -0.4 is 11.1 Å². The maximum absolute atomic E-state index is 12.2. The highest BCUT2D eigenvalue weighted by Crippen LogP contribution is 2.06. The average molecular weight is 388 g/mol. The van der Waals surface area contributed by atoms with Crippen LogP contribution in [0.15, 0.2) is 54.6 Å². The van der Waals surface area contributed by atoms with Crippen molar-refractivity contribution >= 4 is 24.3 Å². The van der Waals surface area contributed by atoms with Crippen molar-refractivity contribution in [2.24, 2.45) is 5.73 Å². The number of rotatable bonds is 7. The van der Waals surface area contributed by atoms with E-state index in [2.05, 4.69) is 5.32 Å². The van der Waals surface area contributed by atoms with E-state index in [0.29, 0.717) is 12.0 Å². The lowest BCUT2D eigenvalue weighted by Crippen LogP contribution is -2.48. The van der Waals surface area contributed by atoms with Crippen molar-refractivity contribution < 1.29 is 14.3 Å². The minimum Gasteiger partial charge on any atom is -0.459 e. The molecule has 7 heteroatoms. The van der Waals surface area contributed by atoms with Gasteiger partial charge >= 0.3 is 5.97 Å². The van der Waals surface area contributed by atoms with Crippen LogP contribution in [-0.2, 0) is 27.4 Å². The summed E-state index contributed by atoms with van der Waals surface area (Å²) < 4.78 is 5.19. The normalized spacial score (nSPS) is 12.0. The van der Waals surface area contributed by atoms with Gasteiger partial charge in [-0.15, -0.1) is 12.4 Å². The first kappa shape index (κ1) is 22.2. The highest BCUT2D eigenvalue weighted by molar-refractivity contribution is 5.87. The lowest BCUT2D eigenvalue weighted by Gasteiger charge is -2.17. The van der Waals surface area contributed by atoms with Gasteiger partial charge in [0.1, 0.15) is 12.6 Å². The molecule has 1 amide bonds. The quantitative estimate of drug-likeness (QED) is 0.708. The van der Waals surface area contributed by atoms with E-state index >= 15 is 0 Å². The average Bonchev–Trinajstić information content (AvgIpc) is 2.67. The topological polar surface area (TPSA) is 105 Å². The van der Waals surface area contributed by atoms with Crippen molar-refractivity contribution in [1.29, 1.82) is 5.26 Å². The third-order valence-electron chi connectivity index (χ3n) is 3.81. The Morgan fingerprint density at radius 2 is 1.74 bits per heavy atom. The Labute approximate surface area is 164 Å². The van der Waals surface area contributed by atoms with Crippen molar-refractivity contribution in [3.8, 4) is 6.07 Å². The number of benzene rings is 2. The molecule has 27 heavy (non-hydrogen) atoms. The molecule has 0 bridgehead atoms. The third kappa shape index (κ3) is 7.10. The first-order valence-corrected chi connectivity index (χ1v) is 8.25. The zero-order valence-electron chi connectivity index (χ0n) is 14.9. The molecule has 0 saturated heterocycles. The van der Waals surface area contributed by atoms with Gasteiger partial charge in [-0.2, -0.15) is 5.26 Å². The molecular formula is C20H22ClN3O3. The Morgan fingerprint density at radius 1 is 1.11 bits per heavy atom. The Balaban J connectivity index is 0.00000364. The third-order valence-corrected chi connectivity index (χ3v) is 3.81. The predicted molar refractivity (Wildman–Crippen MR) is 104 cm³/mol. The van der Waals surface area contributed by atoms with E-state index in [4.69, 9.17) is 15.7 Å². The molecule has 2 atom stereocenters. The standard InChI is InChI=1S/C20H21N3O3.ClH/c1-14(20(25)26-13-17-5-3-2-4-6-17)23-19(24)18(22)11-15-7-9-16(12-21)10-8-15;/h2-10,14,18H,11,13,22H2,1H3,(H,23,24);1H/t14-,18-;/m0./s1. The molecule has 0 aromatic heterocycles. The van der Waals surface area contributed by atoms with Crippen LogP contribution >= 0.6 is 12.4 Å². The number of nitrogens with one attached hydrogen (secondary N) is 1. The predicted octanol–water partition coefficient (Wildman–Crippen LogP) is 2.10. The van der Waals surface area contributed by atoms with Gasteiger partial charge in [0.05, 0.1) is 17.7 Å². The zero-order chi connectivity index (χ0) is 18.9. The van der Waals surface area contributed by atoms with Crippen molar-refractivity contribution in [2.75, 3.05) is 0 Å². The summed E-state index contributed by atoms with van der Waals surface area (Å²) in [6.07, 6.45) is 0.309. The molecule has 0 aliphatic carbocycles. The first-order chi connectivity index (χ1) is 12.5. The van der Waals surface area contributed by atoms with E-state index in [1.165, 1.54) is 0 Å². The molecule has 0 spiro atoms. The van der Waals surface area contributed by atoms with Crippen molar-refractivity contribution in [1.82, 2.24) is 5.32 Å². The summed E-state index contributed by atoms with van der Waals surface area (Å²) in [5, 5.41) is 11.4. The number of amides is 1. The van der Waals surface area contributed by atoms with Crippen LogP contribution in [0.25, 0.3) is 0 Å². The lowest BCUT2D eigenvalue weighted by molar-refractivity contribution is -0.148. The number of carbonyl (C=O) groups is 2. The van der Waals surface area contributed by atoms with Crippen LogP contribution in [0, 0.1) is 11.3 Å². The fourth-order valence-corrected chi connectivity index (χ4v) is 2.30. The molecule has 3 N–H and O–H groups in total. The highest BCUT2D eigenvalue weighted by Gasteiger charge is 2.21. The smallest absolute Gasteiger partial charge is 0.328 e. The summed E-state index contributed by atoms with van der Waals surface area (Å²) in [6, 6.07) is 16.6. The Bertz CT molecular complexity index is 788. The van der Waals surface area contributed by atoms with Crippen LogP contribution in [0.5, 0.6) is 0 Å². The van der Waals surface area contributed by atoms with Gasteiger partial charge in [-0.3, -0.25) is 4.79 Å². The zero-order valence-corrected chi connectivity index (χ0v) is 15.7. The maximum atomic E-state index is 12.2. The molecule has 142 valence electrons. The fourth-order valence-electron chi connectivity index (χ4n) is 2.30. The number of esters is 1. The summed E-state index contributed by atoms with van der Waals surface area (Å²) in [7, 11) is 0.